The molecule has 9 heteroatoms. The van der Waals surface area contributed by atoms with Crippen molar-refractivity contribution < 1.29 is 28.3 Å². The van der Waals surface area contributed by atoms with E-state index in [1.165, 1.54) is 0 Å². The van der Waals surface area contributed by atoms with Gasteiger partial charge in [0.05, 0.1) is 12.8 Å². The van der Waals surface area contributed by atoms with Gasteiger partial charge in [-0.05, 0) is 43.4 Å². The number of carboxylic acids is 1. The zero-order valence-electron chi connectivity index (χ0n) is 19.1. The maximum atomic E-state index is 12.5. The number of hydrogen-bond acceptors (Lipinski definition) is 6. The van der Waals surface area contributed by atoms with Gasteiger partial charge in [0.25, 0.3) is 0 Å². The van der Waals surface area contributed by atoms with Crippen molar-refractivity contribution in [1.29, 1.82) is 0 Å². The topological polar surface area (TPSA) is 139 Å². The van der Waals surface area contributed by atoms with E-state index in [1.54, 1.807) is 19.3 Å². The number of furan rings is 1. The summed E-state index contributed by atoms with van der Waals surface area (Å²) in [5.74, 6) is -2.38. The van der Waals surface area contributed by atoms with Crippen molar-refractivity contribution in [2.75, 3.05) is 6.54 Å². The molecule has 0 aliphatic rings. The number of benzene rings is 1. The number of nitrogens with one attached hydrogen (secondary N) is 2. The van der Waals surface area contributed by atoms with E-state index in [1.807, 2.05) is 26.8 Å². The number of carbonyl (C=O) groups excluding carboxylic acids is 2. The molecular formula is C24H28N2O7. The third kappa shape index (κ3) is 5.24. The lowest BCUT2D eigenvalue weighted by Crippen LogP contribution is -2.48. The average Bonchev–Trinajstić information content (AvgIpc) is 3.13. The molecule has 2 atom stereocenters. The van der Waals surface area contributed by atoms with Crippen LogP contribution in [0.2, 0.25) is 0 Å². The van der Waals surface area contributed by atoms with Gasteiger partial charge in [0.1, 0.15) is 17.2 Å². The summed E-state index contributed by atoms with van der Waals surface area (Å²) in [7, 11) is 0. The molecule has 2 amide bonds. The smallest absolute Gasteiger partial charge is 0.339 e. The first-order valence-electron chi connectivity index (χ1n) is 10.8. The van der Waals surface area contributed by atoms with Crippen LogP contribution < -0.4 is 16.3 Å². The molecule has 0 saturated carbocycles. The van der Waals surface area contributed by atoms with Crippen LogP contribution in [0, 0.1) is 19.8 Å². The fourth-order valence-electron chi connectivity index (χ4n) is 3.74. The maximum Gasteiger partial charge on any atom is 0.339 e. The highest BCUT2D eigenvalue weighted by atomic mass is 16.4. The molecule has 0 aliphatic heterocycles. The first-order valence-corrected chi connectivity index (χ1v) is 10.8. The van der Waals surface area contributed by atoms with E-state index in [4.69, 9.17) is 8.83 Å². The molecule has 0 unspecified atom stereocenters. The molecule has 0 aliphatic carbocycles. The first-order chi connectivity index (χ1) is 15.6. The number of hydrogen-bond donors (Lipinski definition) is 3. The second-order valence-corrected chi connectivity index (χ2v) is 8.30. The minimum Gasteiger partial charge on any atom is -0.480 e. The van der Waals surface area contributed by atoms with Crippen molar-refractivity contribution in [3.05, 3.63) is 45.5 Å². The lowest BCUT2D eigenvalue weighted by Gasteiger charge is -2.20. The van der Waals surface area contributed by atoms with Gasteiger partial charge in [-0.15, -0.1) is 0 Å². The van der Waals surface area contributed by atoms with Crippen LogP contribution in [-0.4, -0.2) is 35.5 Å². The van der Waals surface area contributed by atoms with Gasteiger partial charge < -0.3 is 24.6 Å². The Morgan fingerprint density at radius 3 is 2.48 bits per heavy atom. The number of amides is 2. The molecule has 0 fully saturated rings. The van der Waals surface area contributed by atoms with Gasteiger partial charge in [-0.1, -0.05) is 20.3 Å². The minimum absolute atomic E-state index is 0.0227. The SMILES string of the molecule is CC[C@@H](C)[C@H](NC(=O)CNC(=O)CCc1c(C)c2cc3c(C)coc3cc2oc1=O)C(=O)O. The Morgan fingerprint density at radius 1 is 1.09 bits per heavy atom. The third-order valence-corrected chi connectivity index (χ3v) is 6.02. The summed E-state index contributed by atoms with van der Waals surface area (Å²) in [6, 6.07) is 2.58. The summed E-state index contributed by atoms with van der Waals surface area (Å²) in [6.07, 6.45) is 2.35. The summed E-state index contributed by atoms with van der Waals surface area (Å²) in [6.45, 7) is 6.95. The molecule has 1 aromatic carbocycles. The Bertz CT molecular complexity index is 1270. The van der Waals surface area contributed by atoms with Crippen molar-refractivity contribution in [1.82, 2.24) is 10.6 Å². The molecule has 3 N–H and O–H groups in total. The van der Waals surface area contributed by atoms with Gasteiger partial charge in [0.2, 0.25) is 11.8 Å². The van der Waals surface area contributed by atoms with E-state index in [2.05, 4.69) is 10.6 Å². The Morgan fingerprint density at radius 2 is 1.82 bits per heavy atom. The van der Waals surface area contributed by atoms with Crippen LogP contribution in [0.1, 0.15) is 43.4 Å². The fraction of sp³-hybridized carbons (Fsp3) is 0.417. The number of carboxylic acid groups (broad SMARTS) is 1. The highest BCUT2D eigenvalue weighted by molar-refractivity contribution is 5.96. The second kappa shape index (κ2) is 9.89. The number of carbonyl (C=O) groups is 3. The van der Waals surface area contributed by atoms with E-state index in [0.29, 0.717) is 23.2 Å². The number of fused-ring (bicyclic) bond motifs is 2. The summed E-state index contributed by atoms with van der Waals surface area (Å²) < 4.78 is 10.9. The summed E-state index contributed by atoms with van der Waals surface area (Å²) in [5, 5.41) is 15.8. The molecule has 9 nitrogen and oxygen atoms in total. The molecule has 0 spiro atoms. The zero-order chi connectivity index (χ0) is 24.3. The van der Waals surface area contributed by atoms with E-state index in [9.17, 15) is 24.3 Å². The quantitative estimate of drug-likeness (QED) is 0.421. The van der Waals surface area contributed by atoms with Crippen LogP contribution in [0.15, 0.2) is 32.0 Å². The standard InChI is InChI=1S/C24H28N2O7/c1-5-12(2)22(23(29)30)26-21(28)10-25-20(27)7-6-15-14(4)17-8-16-13(3)11-32-18(16)9-19(17)33-24(15)31/h8-9,11-12,22H,5-7,10H2,1-4H3,(H,25,27)(H,26,28)(H,29,30)/t12-,22+/m1/s1. The van der Waals surface area contributed by atoms with Crippen molar-refractivity contribution in [3.8, 4) is 0 Å². The number of aliphatic carboxylic acids is 1. The van der Waals surface area contributed by atoms with Crippen LogP contribution in [0.5, 0.6) is 0 Å². The molecule has 176 valence electrons. The fourth-order valence-corrected chi connectivity index (χ4v) is 3.74. The molecule has 0 saturated heterocycles. The van der Waals surface area contributed by atoms with Crippen molar-refractivity contribution in [3.63, 3.8) is 0 Å². The normalized spacial score (nSPS) is 13.1. The second-order valence-electron chi connectivity index (χ2n) is 8.30. The first kappa shape index (κ1) is 24.0. The lowest BCUT2D eigenvalue weighted by atomic mass is 9.99. The van der Waals surface area contributed by atoms with Gasteiger partial charge in [0, 0.05) is 28.8 Å². The zero-order valence-corrected chi connectivity index (χ0v) is 19.1. The van der Waals surface area contributed by atoms with Gasteiger partial charge in [0.15, 0.2) is 0 Å². The highest BCUT2D eigenvalue weighted by Gasteiger charge is 2.25. The summed E-state index contributed by atoms with van der Waals surface area (Å²) in [5.41, 5.74) is 2.61. The largest absolute Gasteiger partial charge is 0.480 e. The van der Waals surface area contributed by atoms with Gasteiger partial charge in [-0.3, -0.25) is 9.59 Å². The lowest BCUT2D eigenvalue weighted by molar-refractivity contribution is -0.143. The molecule has 2 heterocycles. The van der Waals surface area contributed by atoms with Gasteiger partial charge in [-0.2, -0.15) is 0 Å². The van der Waals surface area contributed by atoms with Gasteiger partial charge in [-0.25, -0.2) is 9.59 Å². The maximum absolute atomic E-state index is 12.5. The summed E-state index contributed by atoms with van der Waals surface area (Å²) >= 11 is 0. The highest BCUT2D eigenvalue weighted by Crippen LogP contribution is 2.29. The van der Waals surface area contributed by atoms with Crippen LogP contribution in [0.3, 0.4) is 0 Å². The minimum atomic E-state index is -1.12. The Kier molecular flexibility index (Phi) is 7.20. The molecule has 3 aromatic rings. The van der Waals surface area contributed by atoms with Crippen molar-refractivity contribution in [2.45, 2.75) is 53.0 Å². The van der Waals surface area contributed by atoms with Crippen LogP contribution in [0.25, 0.3) is 21.9 Å². The van der Waals surface area contributed by atoms with Gasteiger partial charge >= 0.3 is 11.6 Å². The molecule has 0 radical (unpaired) electrons. The van der Waals surface area contributed by atoms with Crippen LogP contribution >= 0.6 is 0 Å². The Balaban J connectivity index is 1.65. The van der Waals surface area contributed by atoms with E-state index in [-0.39, 0.29) is 25.3 Å². The van der Waals surface area contributed by atoms with Crippen LogP contribution in [-0.2, 0) is 20.8 Å². The third-order valence-electron chi connectivity index (χ3n) is 6.02. The predicted octanol–water partition coefficient (Wildman–Crippen LogP) is 2.82. The number of rotatable bonds is 9. The molecule has 33 heavy (non-hydrogen) atoms. The molecule has 0 bridgehead atoms. The monoisotopic (exact) mass is 456 g/mol. The average molecular weight is 456 g/mol. The predicted molar refractivity (Wildman–Crippen MR) is 122 cm³/mol. The Hall–Kier alpha value is -3.62. The van der Waals surface area contributed by atoms with Crippen LogP contribution in [0.4, 0.5) is 0 Å². The van der Waals surface area contributed by atoms with E-state index < -0.39 is 29.5 Å². The summed E-state index contributed by atoms with van der Waals surface area (Å²) in [4.78, 5) is 48.1. The molecular weight excluding hydrogens is 428 g/mol. The van der Waals surface area contributed by atoms with Crippen molar-refractivity contribution in [2.24, 2.45) is 5.92 Å². The van der Waals surface area contributed by atoms with Crippen molar-refractivity contribution >= 4 is 39.7 Å². The van der Waals surface area contributed by atoms with E-state index >= 15 is 0 Å². The Labute approximate surface area is 190 Å². The molecule has 2 aromatic heterocycles. The van der Waals surface area contributed by atoms with E-state index in [0.717, 1.165) is 21.9 Å². The number of aryl methyl sites for hydroxylation is 2. The molecule has 3 rings (SSSR count).